The van der Waals surface area contributed by atoms with Gasteiger partial charge in [0.1, 0.15) is 9.84 Å². The molecule has 0 aromatic carbocycles. The molecule has 2 aliphatic heterocycles. The van der Waals surface area contributed by atoms with Crippen molar-refractivity contribution in [2.75, 3.05) is 11.5 Å². The van der Waals surface area contributed by atoms with E-state index >= 15 is 0 Å². The SMILES string of the molecule is O=C1CC2(CCS(=O)(=O)CC2)NN1. The van der Waals surface area contributed by atoms with Crippen molar-refractivity contribution in [1.82, 2.24) is 10.9 Å². The van der Waals surface area contributed by atoms with Gasteiger partial charge in [0.15, 0.2) is 0 Å². The fourth-order valence-corrected chi connectivity index (χ4v) is 3.44. The molecule has 2 saturated heterocycles. The molecule has 0 atom stereocenters. The number of amides is 1. The van der Waals surface area contributed by atoms with Gasteiger partial charge in [0.2, 0.25) is 5.91 Å². The van der Waals surface area contributed by atoms with E-state index in [1.54, 1.807) is 0 Å². The number of hydrogen-bond donors (Lipinski definition) is 2. The van der Waals surface area contributed by atoms with Crippen molar-refractivity contribution in [3.8, 4) is 0 Å². The molecule has 0 aromatic rings. The van der Waals surface area contributed by atoms with Crippen molar-refractivity contribution in [2.45, 2.75) is 24.8 Å². The second-order valence-electron chi connectivity index (χ2n) is 3.78. The van der Waals surface area contributed by atoms with Gasteiger partial charge in [-0.1, -0.05) is 0 Å². The topological polar surface area (TPSA) is 75.3 Å². The van der Waals surface area contributed by atoms with Gasteiger partial charge in [-0.15, -0.1) is 0 Å². The fourth-order valence-electron chi connectivity index (χ4n) is 1.83. The summed E-state index contributed by atoms with van der Waals surface area (Å²) in [4.78, 5) is 11.0. The minimum Gasteiger partial charge on any atom is -0.291 e. The highest BCUT2D eigenvalue weighted by atomic mass is 32.2. The van der Waals surface area contributed by atoms with Crippen LogP contribution in [0.1, 0.15) is 19.3 Å². The van der Waals surface area contributed by atoms with Crippen LogP contribution in [0.3, 0.4) is 0 Å². The first kappa shape index (κ1) is 8.96. The molecular weight excluding hydrogens is 192 g/mol. The molecule has 0 aliphatic carbocycles. The van der Waals surface area contributed by atoms with Crippen LogP contribution in [-0.2, 0) is 14.6 Å². The average Bonchev–Trinajstić information content (AvgIpc) is 2.41. The molecule has 74 valence electrons. The Kier molecular flexibility index (Phi) is 1.85. The first-order valence-electron chi connectivity index (χ1n) is 4.28. The van der Waals surface area contributed by atoms with Crippen LogP contribution in [0.2, 0.25) is 0 Å². The van der Waals surface area contributed by atoms with Crippen LogP contribution in [0.15, 0.2) is 0 Å². The molecule has 13 heavy (non-hydrogen) atoms. The Morgan fingerprint density at radius 2 is 1.85 bits per heavy atom. The van der Waals surface area contributed by atoms with E-state index < -0.39 is 9.84 Å². The molecule has 0 saturated carbocycles. The van der Waals surface area contributed by atoms with Crippen LogP contribution in [0.5, 0.6) is 0 Å². The van der Waals surface area contributed by atoms with Crippen LogP contribution < -0.4 is 10.9 Å². The zero-order valence-corrected chi connectivity index (χ0v) is 7.99. The van der Waals surface area contributed by atoms with Gasteiger partial charge in [-0.2, -0.15) is 0 Å². The highest BCUT2D eigenvalue weighted by Crippen LogP contribution is 2.28. The molecule has 2 aliphatic rings. The number of carbonyl (C=O) groups excluding carboxylic acids is 1. The molecule has 0 unspecified atom stereocenters. The molecule has 2 rings (SSSR count). The van der Waals surface area contributed by atoms with E-state index in [9.17, 15) is 13.2 Å². The standard InChI is InChI=1S/C7H12N2O3S/c10-6-5-7(9-8-6)1-3-13(11,12)4-2-7/h9H,1-5H2,(H,8,10). The summed E-state index contributed by atoms with van der Waals surface area (Å²) in [6.45, 7) is 0. The zero-order valence-electron chi connectivity index (χ0n) is 7.17. The molecular formula is C7H12N2O3S. The number of hydrazine groups is 1. The molecule has 2 N–H and O–H groups in total. The second kappa shape index (κ2) is 2.68. The Bertz CT molecular complexity index is 322. The number of nitrogens with one attached hydrogen (secondary N) is 2. The highest BCUT2D eigenvalue weighted by molar-refractivity contribution is 7.91. The Labute approximate surface area is 76.8 Å². The third-order valence-electron chi connectivity index (χ3n) is 2.75. The number of rotatable bonds is 0. The van der Waals surface area contributed by atoms with E-state index in [1.807, 2.05) is 0 Å². The average molecular weight is 204 g/mol. The predicted molar refractivity (Wildman–Crippen MR) is 46.5 cm³/mol. The minimum atomic E-state index is -2.84. The molecule has 1 amide bonds. The quantitative estimate of drug-likeness (QED) is 0.528. The third-order valence-corrected chi connectivity index (χ3v) is 4.40. The summed E-state index contributed by atoms with van der Waals surface area (Å²) in [7, 11) is -2.84. The molecule has 5 nitrogen and oxygen atoms in total. The zero-order chi connectivity index (χ0) is 9.53. The Balaban J connectivity index is 2.09. The van der Waals surface area contributed by atoms with Crippen LogP contribution >= 0.6 is 0 Å². The van der Waals surface area contributed by atoms with Crippen LogP contribution in [0, 0.1) is 0 Å². The van der Waals surface area contributed by atoms with E-state index in [4.69, 9.17) is 0 Å². The Morgan fingerprint density at radius 3 is 2.31 bits per heavy atom. The molecule has 1 spiro atoms. The number of hydrogen-bond acceptors (Lipinski definition) is 4. The van der Waals surface area contributed by atoms with E-state index in [0.717, 1.165) is 0 Å². The van der Waals surface area contributed by atoms with Crippen molar-refractivity contribution in [3.05, 3.63) is 0 Å². The molecule has 0 radical (unpaired) electrons. The van der Waals surface area contributed by atoms with Gasteiger partial charge in [0, 0.05) is 12.0 Å². The predicted octanol–water partition coefficient (Wildman–Crippen LogP) is -1.04. The van der Waals surface area contributed by atoms with Crippen LogP contribution in [0.4, 0.5) is 0 Å². The van der Waals surface area contributed by atoms with Crippen molar-refractivity contribution in [1.29, 1.82) is 0 Å². The summed E-state index contributed by atoms with van der Waals surface area (Å²) in [6, 6.07) is 0. The molecule has 0 aromatic heterocycles. The molecule has 2 heterocycles. The maximum absolute atomic E-state index is 11.1. The minimum absolute atomic E-state index is 0.0423. The van der Waals surface area contributed by atoms with Gasteiger partial charge in [0.25, 0.3) is 0 Å². The van der Waals surface area contributed by atoms with Crippen LogP contribution in [-0.4, -0.2) is 31.4 Å². The smallest absolute Gasteiger partial charge is 0.236 e. The van der Waals surface area contributed by atoms with E-state index in [2.05, 4.69) is 10.9 Å². The molecule has 2 fully saturated rings. The highest BCUT2D eigenvalue weighted by Gasteiger charge is 2.42. The molecule has 0 bridgehead atoms. The largest absolute Gasteiger partial charge is 0.291 e. The summed E-state index contributed by atoms with van der Waals surface area (Å²) in [5.74, 6) is 0.337. The maximum atomic E-state index is 11.1. The van der Waals surface area contributed by atoms with Gasteiger partial charge in [-0.25, -0.2) is 13.8 Å². The third kappa shape index (κ3) is 1.68. The summed E-state index contributed by atoms with van der Waals surface area (Å²) in [5.41, 5.74) is 5.13. The second-order valence-corrected chi connectivity index (χ2v) is 6.09. The lowest BCUT2D eigenvalue weighted by atomic mass is 9.91. The van der Waals surface area contributed by atoms with Gasteiger partial charge in [0.05, 0.1) is 11.5 Å². The first-order valence-corrected chi connectivity index (χ1v) is 6.10. The van der Waals surface area contributed by atoms with Crippen LogP contribution in [0.25, 0.3) is 0 Å². The first-order chi connectivity index (χ1) is 6.02. The van der Waals surface area contributed by atoms with E-state index in [-0.39, 0.29) is 23.0 Å². The summed E-state index contributed by atoms with van der Waals surface area (Å²) < 4.78 is 22.3. The van der Waals surface area contributed by atoms with Crippen molar-refractivity contribution in [2.24, 2.45) is 0 Å². The monoisotopic (exact) mass is 204 g/mol. The van der Waals surface area contributed by atoms with Gasteiger partial charge >= 0.3 is 0 Å². The Morgan fingerprint density at radius 1 is 1.23 bits per heavy atom. The lowest BCUT2D eigenvalue weighted by Crippen LogP contribution is -2.49. The van der Waals surface area contributed by atoms with Crippen molar-refractivity contribution in [3.63, 3.8) is 0 Å². The van der Waals surface area contributed by atoms with E-state index in [1.165, 1.54) is 0 Å². The fraction of sp³-hybridized carbons (Fsp3) is 0.857. The number of sulfone groups is 1. The maximum Gasteiger partial charge on any atom is 0.236 e. The van der Waals surface area contributed by atoms with Gasteiger partial charge < -0.3 is 0 Å². The lowest BCUT2D eigenvalue weighted by molar-refractivity contribution is -0.119. The number of carbonyl (C=O) groups is 1. The van der Waals surface area contributed by atoms with E-state index in [0.29, 0.717) is 19.3 Å². The van der Waals surface area contributed by atoms with Gasteiger partial charge in [-0.05, 0) is 12.8 Å². The lowest BCUT2D eigenvalue weighted by Gasteiger charge is -2.31. The molecule has 6 heteroatoms. The summed E-state index contributed by atoms with van der Waals surface area (Å²) in [5, 5.41) is 0. The van der Waals surface area contributed by atoms with Crippen molar-refractivity contribution < 1.29 is 13.2 Å². The van der Waals surface area contributed by atoms with Gasteiger partial charge in [-0.3, -0.25) is 10.2 Å². The van der Waals surface area contributed by atoms with Crippen molar-refractivity contribution >= 4 is 15.7 Å². The summed E-state index contributed by atoms with van der Waals surface area (Å²) in [6.07, 6.45) is 1.48. The summed E-state index contributed by atoms with van der Waals surface area (Å²) >= 11 is 0. The Hall–Kier alpha value is -0.620. The normalized spacial score (nSPS) is 30.3.